The molecule has 1 saturated carbocycles. The smallest absolute Gasteiger partial charge is 0.0471 e. The van der Waals surface area contributed by atoms with Gasteiger partial charge in [0.15, 0.2) is 0 Å². The molecule has 3 N–H and O–H groups in total. The quantitative estimate of drug-likeness (QED) is 0.891. The summed E-state index contributed by atoms with van der Waals surface area (Å²) in [6, 6.07) is 9.49. The summed E-state index contributed by atoms with van der Waals surface area (Å²) in [4.78, 5) is 0. The van der Waals surface area contributed by atoms with E-state index in [1.54, 1.807) is 0 Å². The lowest BCUT2D eigenvalue weighted by atomic mass is 9.86. The molecule has 2 aliphatic rings. The molecule has 2 fully saturated rings. The van der Waals surface area contributed by atoms with Crippen molar-refractivity contribution in [1.29, 1.82) is 0 Å². The minimum absolute atomic E-state index is 0.444. The van der Waals surface area contributed by atoms with E-state index in [9.17, 15) is 0 Å². The van der Waals surface area contributed by atoms with Crippen molar-refractivity contribution in [3.63, 3.8) is 0 Å². The summed E-state index contributed by atoms with van der Waals surface area (Å²) in [5, 5.41) is 3.59. The van der Waals surface area contributed by atoms with E-state index in [-0.39, 0.29) is 0 Å². The molecule has 1 heterocycles. The third-order valence-corrected chi connectivity index (χ3v) is 5.09. The molecule has 1 aliphatic heterocycles. The van der Waals surface area contributed by atoms with Crippen LogP contribution in [0.4, 0.5) is 5.69 Å². The first-order valence-electron chi connectivity index (χ1n) is 8.48. The predicted octanol–water partition coefficient (Wildman–Crippen LogP) is 3.51. The van der Waals surface area contributed by atoms with E-state index in [0.717, 1.165) is 38.5 Å². The molecule has 0 unspecified atom stereocenters. The van der Waals surface area contributed by atoms with Gasteiger partial charge in [-0.15, -0.1) is 0 Å². The zero-order valence-electron chi connectivity index (χ0n) is 12.9. The van der Waals surface area contributed by atoms with Crippen LogP contribution in [0.3, 0.4) is 0 Å². The summed E-state index contributed by atoms with van der Waals surface area (Å²) in [6.07, 6.45) is 7.25. The normalized spacial score (nSPS) is 27.5. The second-order valence-corrected chi connectivity index (χ2v) is 6.67. The Morgan fingerprint density at radius 2 is 1.62 bits per heavy atom. The van der Waals surface area contributed by atoms with Crippen molar-refractivity contribution in [1.82, 2.24) is 0 Å². The highest BCUT2D eigenvalue weighted by Gasteiger charge is 2.18. The van der Waals surface area contributed by atoms with Crippen LogP contribution in [0.25, 0.3) is 0 Å². The highest BCUT2D eigenvalue weighted by molar-refractivity contribution is 5.45. The number of nitrogens with one attached hydrogen (secondary N) is 1. The molecule has 3 rings (SSSR count). The lowest BCUT2D eigenvalue weighted by Gasteiger charge is -2.26. The van der Waals surface area contributed by atoms with Crippen LogP contribution in [0.5, 0.6) is 0 Å². The summed E-state index contributed by atoms with van der Waals surface area (Å²) in [5.74, 6) is 1.48. The first kappa shape index (κ1) is 14.9. The lowest BCUT2D eigenvalue weighted by Crippen LogP contribution is -2.29. The molecule has 1 aliphatic carbocycles. The molecule has 21 heavy (non-hydrogen) atoms. The van der Waals surface area contributed by atoms with E-state index in [2.05, 4.69) is 29.6 Å². The van der Waals surface area contributed by atoms with Crippen LogP contribution >= 0.6 is 0 Å². The van der Waals surface area contributed by atoms with E-state index < -0.39 is 0 Å². The number of hydrogen-bond donors (Lipinski definition) is 2. The van der Waals surface area contributed by atoms with Crippen LogP contribution in [0.2, 0.25) is 0 Å². The summed E-state index contributed by atoms with van der Waals surface area (Å²) in [5.41, 5.74) is 8.68. The summed E-state index contributed by atoms with van der Waals surface area (Å²) >= 11 is 0. The van der Waals surface area contributed by atoms with Gasteiger partial charge in [-0.05, 0) is 68.1 Å². The number of hydrogen-bond acceptors (Lipinski definition) is 3. The first-order valence-corrected chi connectivity index (χ1v) is 8.48. The fourth-order valence-corrected chi connectivity index (χ4v) is 3.56. The van der Waals surface area contributed by atoms with Gasteiger partial charge < -0.3 is 15.8 Å². The average Bonchev–Trinajstić information content (AvgIpc) is 2.56. The maximum absolute atomic E-state index is 5.96. The SMILES string of the molecule is NC1CCC(CNc2ccc(C3CCOCC3)cc2)CC1. The van der Waals surface area contributed by atoms with Gasteiger partial charge >= 0.3 is 0 Å². The van der Waals surface area contributed by atoms with Gasteiger partial charge in [0, 0.05) is 31.5 Å². The van der Waals surface area contributed by atoms with Crippen molar-refractivity contribution in [2.45, 2.75) is 50.5 Å². The van der Waals surface area contributed by atoms with Gasteiger partial charge in [0.25, 0.3) is 0 Å². The van der Waals surface area contributed by atoms with Gasteiger partial charge in [-0.2, -0.15) is 0 Å². The molecule has 116 valence electrons. The van der Waals surface area contributed by atoms with Crippen LogP contribution in [0, 0.1) is 5.92 Å². The molecule has 0 bridgehead atoms. The molecule has 3 heteroatoms. The van der Waals surface area contributed by atoms with Crippen LogP contribution in [-0.2, 0) is 4.74 Å². The minimum atomic E-state index is 0.444. The predicted molar refractivity (Wildman–Crippen MR) is 87.7 cm³/mol. The Kier molecular flexibility index (Phi) is 5.15. The molecule has 0 amide bonds. The monoisotopic (exact) mass is 288 g/mol. The van der Waals surface area contributed by atoms with Crippen LogP contribution in [0.1, 0.15) is 50.0 Å². The Morgan fingerprint density at radius 3 is 2.29 bits per heavy atom. The van der Waals surface area contributed by atoms with Crippen molar-refractivity contribution in [2.75, 3.05) is 25.1 Å². The Morgan fingerprint density at radius 1 is 0.952 bits per heavy atom. The summed E-state index contributed by atoms with van der Waals surface area (Å²) in [6.45, 7) is 2.91. The lowest BCUT2D eigenvalue weighted by molar-refractivity contribution is 0.0853. The van der Waals surface area contributed by atoms with Gasteiger partial charge in [0.1, 0.15) is 0 Å². The topological polar surface area (TPSA) is 47.3 Å². The van der Waals surface area contributed by atoms with Crippen LogP contribution in [0.15, 0.2) is 24.3 Å². The van der Waals surface area contributed by atoms with Gasteiger partial charge in [-0.1, -0.05) is 12.1 Å². The molecular weight excluding hydrogens is 260 g/mol. The molecule has 1 aromatic rings. The maximum atomic E-state index is 5.96. The van der Waals surface area contributed by atoms with E-state index in [1.807, 2.05) is 0 Å². The Hall–Kier alpha value is -1.06. The van der Waals surface area contributed by atoms with Gasteiger partial charge in [0.2, 0.25) is 0 Å². The first-order chi connectivity index (χ1) is 10.3. The van der Waals surface area contributed by atoms with Gasteiger partial charge in [-0.25, -0.2) is 0 Å². The fraction of sp³-hybridized carbons (Fsp3) is 0.667. The number of anilines is 1. The molecule has 0 atom stereocenters. The molecule has 1 saturated heterocycles. The molecule has 3 nitrogen and oxygen atoms in total. The number of nitrogens with two attached hydrogens (primary N) is 1. The van der Waals surface area contributed by atoms with Crippen molar-refractivity contribution >= 4 is 5.69 Å². The van der Waals surface area contributed by atoms with Gasteiger partial charge in [-0.3, -0.25) is 0 Å². The van der Waals surface area contributed by atoms with Crippen molar-refractivity contribution in [3.05, 3.63) is 29.8 Å². The van der Waals surface area contributed by atoms with Crippen LogP contribution in [-0.4, -0.2) is 25.8 Å². The third-order valence-electron chi connectivity index (χ3n) is 5.09. The number of benzene rings is 1. The zero-order chi connectivity index (χ0) is 14.5. The van der Waals surface area contributed by atoms with Gasteiger partial charge in [0.05, 0.1) is 0 Å². The zero-order valence-corrected chi connectivity index (χ0v) is 12.9. The molecule has 0 spiro atoms. The standard InChI is InChI=1S/C18H28N2O/c19-17-5-1-14(2-6-17)13-20-18-7-3-15(4-8-18)16-9-11-21-12-10-16/h3-4,7-8,14,16-17,20H,1-2,5-6,9-13,19H2. The van der Waals surface area contributed by atoms with E-state index in [1.165, 1.54) is 36.9 Å². The summed E-state index contributed by atoms with van der Waals surface area (Å²) < 4.78 is 5.44. The molecule has 0 aromatic heterocycles. The Balaban J connectivity index is 1.48. The number of ether oxygens (including phenoxy) is 1. The Labute approximate surface area is 128 Å². The van der Waals surface area contributed by atoms with Crippen LogP contribution < -0.4 is 11.1 Å². The largest absolute Gasteiger partial charge is 0.385 e. The van der Waals surface area contributed by atoms with Crippen molar-refractivity contribution < 1.29 is 4.74 Å². The second-order valence-electron chi connectivity index (χ2n) is 6.67. The molecule has 1 aromatic carbocycles. The minimum Gasteiger partial charge on any atom is -0.385 e. The van der Waals surface area contributed by atoms with Crippen molar-refractivity contribution in [3.8, 4) is 0 Å². The highest BCUT2D eigenvalue weighted by atomic mass is 16.5. The fourth-order valence-electron chi connectivity index (χ4n) is 3.56. The average molecular weight is 288 g/mol. The van der Waals surface area contributed by atoms with E-state index in [0.29, 0.717) is 12.0 Å². The number of rotatable bonds is 4. The second kappa shape index (κ2) is 7.28. The summed E-state index contributed by atoms with van der Waals surface area (Å²) in [7, 11) is 0. The highest BCUT2D eigenvalue weighted by Crippen LogP contribution is 2.28. The Bertz CT molecular complexity index is 417. The molecule has 0 radical (unpaired) electrons. The molecular formula is C18H28N2O. The third kappa shape index (κ3) is 4.21. The van der Waals surface area contributed by atoms with E-state index >= 15 is 0 Å². The maximum Gasteiger partial charge on any atom is 0.0471 e. The van der Waals surface area contributed by atoms with E-state index in [4.69, 9.17) is 10.5 Å². The van der Waals surface area contributed by atoms with Crippen molar-refractivity contribution in [2.24, 2.45) is 11.7 Å².